The minimum absolute atomic E-state index is 0.560. The third-order valence-electron chi connectivity index (χ3n) is 5.49. The molecule has 1 saturated carbocycles. The molecule has 1 aliphatic heterocycles. The summed E-state index contributed by atoms with van der Waals surface area (Å²) in [6.07, 6.45) is 14.2. The van der Waals surface area contributed by atoms with Gasteiger partial charge in [-0.15, -0.1) is 0 Å². The van der Waals surface area contributed by atoms with Crippen molar-refractivity contribution in [2.45, 2.75) is 90.2 Å². The summed E-state index contributed by atoms with van der Waals surface area (Å²) in [5.41, 5.74) is 0. The summed E-state index contributed by atoms with van der Waals surface area (Å²) in [5, 5.41) is 3.87. The lowest BCUT2D eigenvalue weighted by atomic mass is 9.73. The van der Waals surface area contributed by atoms with Gasteiger partial charge in [-0.1, -0.05) is 39.5 Å². The van der Waals surface area contributed by atoms with Crippen molar-refractivity contribution in [2.24, 2.45) is 11.8 Å². The van der Waals surface area contributed by atoms with Gasteiger partial charge in [-0.2, -0.15) is 0 Å². The summed E-state index contributed by atoms with van der Waals surface area (Å²) in [4.78, 5) is 0. The SMILES string of the molecule is CCCNC(CCC1CCCO1)C1CCCCC1CC. The molecule has 0 aromatic rings. The molecule has 4 atom stereocenters. The summed E-state index contributed by atoms with van der Waals surface area (Å²) >= 11 is 0. The molecule has 0 radical (unpaired) electrons. The molecule has 1 aliphatic carbocycles. The third-order valence-corrected chi connectivity index (χ3v) is 5.49. The molecular formula is C18H35NO. The van der Waals surface area contributed by atoms with E-state index in [1.807, 2.05) is 0 Å². The van der Waals surface area contributed by atoms with Gasteiger partial charge in [-0.05, 0) is 56.9 Å². The second kappa shape index (κ2) is 9.04. The Balaban J connectivity index is 1.86. The van der Waals surface area contributed by atoms with Gasteiger partial charge in [0.1, 0.15) is 0 Å². The van der Waals surface area contributed by atoms with Crippen molar-refractivity contribution in [1.29, 1.82) is 0 Å². The maximum Gasteiger partial charge on any atom is 0.0576 e. The molecule has 2 fully saturated rings. The van der Waals surface area contributed by atoms with E-state index in [0.29, 0.717) is 6.10 Å². The van der Waals surface area contributed by atoms with E-state index in [1.54, 1.807) is 0 Å². The first-order chi connectivity index (χ1) is 9.85. The Morgan fingerprint density at radius 3 is 2.65 bits per heavy atom. The highest BCUT2D eigenvalue weighted by molar-refractivity contribution is 4.85. The van der Waals surface area contributed by atoms with Crippen LogP contribution in [0.25, 0.3) is 0 Å². The second-order valence-corrected chi connectivity index (χ2v) is 6.89. The molecule has 1 heterocycles. The normalized spacial score (nSPS) is 32.4. The fourth-order valence-electron chi connectivity index (χ4n) is 4.31. The van der Waals surface area contributed by atoms with Gasteiger partial charge in [0.05, 0.1) is 6.10 Å². The molecule has 2 nitrogen and oxygen atoms in total. The van der Waals surface area contributed by atoms with E-state index in [2.05, 4.69) is 19.2 Å². The van der Waals surface area contributed by atoms with Crippen LogP contribution in [0.3, 0.4) is 0 Å². The highest BCUT2D eigenvalue weighted by Gasteiger charge is 2.31. The molecule has 20 heavy (non-hydrogen) atoms. The van der Waals surface area contributed by atoms with E-state index < -0.39 is 0 Å². The first kappa shape index (κ1) is 16.3. The van der Waals surface area contributed by atoms with Crippen LogP contribution in [0.1, 0.15) is 78.1 Å². The Labute approximate surface area is 126 Å². The zero-order valence-electron chi connectivity index (χ0n) is 13.7. The Kier molecular flexibility index (Phi) is 7.37. The number of hydrogen-bond donors (Lipinski definition) is 1. The minimum Gasteiger partial charge on any atom is -0.378 e. The van der Waals surface area contributed by atoms with Gasteiger partial charge in [-0.3, -0.25) is 0 Å². The molecule has 0 aromatic carbocycles. The molecule has 2 aliphatic rings. The van der Waals surface area contributed by atoms with E-state index in [9.17, 15) is 0 Å². The van der Waals surface area contributed by atoms with E-state index in [-0.39, 0.29) is 0 Å². The van der Waals surface area contributed by atoms with E-state index in [4.69, 9.17) is 4.74 Å². The summed E-state index contributed by atoms with van der Waals surface area (Å²) in [7, 11) is 0. The van der Waals surface area contributed by atoms with Gasteiger partial charge < -0.3 is 10.1 Å². The number of rotatable bonds is 8. The van der Waals surface area contributed by atoms with Crippen LogP contribution in [0.2, 0.25) is 0 Å². The first-order valence-corrected chi connectivity index (χ1v) is 9.20. The lowest BCUT2D eigenvalue weighted by Gasteiger charge is -2.38. The summed E-state index contributed by atoms with van der Waals surface area (Å²) < 4.78 is 5.82. The highest BCUT2D eigenvalue weighted by Crippen LogP contribution is 2.36. The number of ether oxygens (including phenoxy) is 1. The highest BCUT2D eigenvalue weighted by atomic mass is 16.5. The van der Waals surface area contributed by atoms with E-state index in [0.717, 1.165) is 24.5 Å². The molecule has 1 saturated heterocycles. The number of nitrogens with one attached hydrogen (secondary N) is 1. The van der Waals surface area contributed by atoms with Crippen LogP contribution in [0.15, 0.2) is 0 Å². The number of hydrogen-bond acceptors (Lipinski definition) is 2. The van der Waals surface area contributed by atoms with Crippen LogP contribution in [0, 0.1) is 11.8 Å². The van der Waals surface area contributed by atoms with Crippen LogP contribution in [-0.2, 0) is 4.74 Å². The Hall–Kier alpha value is -0.0800. The maximum absolute atomic E-state index is 5.82. The topological polar surface area (TPSA) is 21.3 Å². The molecule has 118 valence electrons. The van der Waals surface area contributed by atoms with Crippen molar-refractivity contribution >= 4 is 0 Å². The molecule has 0 bridgehead atoms. The summed E-state index contributed by atoms with van der Waals surface area (Å²) in [5.74, 6) is 1.88. The standard InChI is InChI=1S/C18H35NO/c1-3-13-19-18(12-11-16-9-7-14-20-16)17-10-6-5-8-15(17)4-2/h15-19H,3-14H2,1-2H3. The van der Waals surface area contributed by atoms with Gasteiger partial charge in [0.2, 0.25) is 0 Å². The monoisotopic (exact) mass is 281 g/mol. The molecule has 2 heteroatoms. The van der Waals surface area contributed by atoms with Crippen LogP contribution >= 0.6 is 0 Å². The van der Waals surface area contributed by atoms with Crippen molar-refractivity contribution in [3.63, 3.8) is 0 Å². The van der Waals surface area contributed by atoms with Gasteiger partial charge in [0, 0.05) is 12.6 Å². The average Bonchev–Trinajstić information content (AvgIpc) is 3.01. The molecule has 2 rings (SSSR count). The third kappa shape index (κ3) is 4.73. The summed E-state index contributed by atoms with van der Waals surface area (Å²) in [6, 6.07) is 0.740. The minimum atomic E-state index is 0.560. The van der Waals surface area contributed by atoms with E-state index >= 15 is 0 Å². The van der Waals surface area contributed by atoms with Gasteiger partial charge in [-0.25, -0.2) is 0 Å². The van der Waals surface area contributed by atoms with Crippen molar-refractivity contribution < 1.29 is 4.74 Å². The fourth-order valence-corrected chi connectivity index (χ4v) is 4.31. The van der Waals surface area contributed by atoms with Crippen LogP contribution in [-0.4, -0.2) is 25.3 Å². The smallest absolute Gasteiger partial charge is 0.0576 e. The van der Waals surface area contributed by atoms with Gasteiger partial charge in [0.25, 0.3) is 0 Å². The zero-order valence-corrected chi connectivity index (χ0v) is 13.7. The Bertz CT molecular complexity index is 250. The Morgan fingerprint density at radius 2 is 1.95 bits per heavy atom. The predicted octanol–water partition coefficient (Wildman–Crippen LogP) is 4.53. The van der Waals surface area contributed by atoms with E-state index in [1.165, 1.54) is 70.8 Å². The van der Waals surface area contributed by atoms with Gasteiger partial charge >= 0.3 is 0 Å². The predicted molar refractivity (Wildman–Crippen MR) is 86.0 cm³/mol. The molecule has 0 amide bonds. The molecule has 0 aromatic heterocycles. The van der Waals surface area contributed by atoms with Crippen molar-refractivity contribution in [3.8, 4) is 0 Å². The van der Waals surface area contributed by atoms with Crippen molar-refractivity contribution in [3.05, 3.63) is 0 Å². The molecule has 0 spiro atoms. The second-order valence-electron chi connectivity index (χ2n) is 6.89. The lowest BCUT2D eigenvalue weighted by Crippen LogP contribution is -2.42. The van der Waals surface area contributed by atoms with Crippen molar-refractivity contribution in [1.82, 2.24) is 5.32 Å². The zero-order chi connectivity index (χ0) is 14.2. The average molecular weight is 281 g/mol. The van der Waals surface area contributed by atoms with Crippen molar-refractivity contribution in [2.75, 3.05) is 13.2 Å². The summed E-state index contributed by atoms with van der Waals surface area (Å²) in [6.45, 7) is 6.85. The fraction of sp³-hybridized carbons (Fsp3) is 1.00. The van der Waals surface area contributed by atoms with Crippen LogP contribution in [0.5, 0.6) is 0 Å². The first-order valence-electron chi connectivity index (χ1n) is 9.20. The molecule has 1 N–H and O–H groups in total. The maximum atomic E-state index is 5.82. The molecular weight excluding hydrogens is 246 g/mol. The van der Waals surface area contributed by atoms with Crippen LogP contribution in [0.4, 0.5) is 0 Å². The van der Waals surface area contributed by atoms with Crippen LogP contribution < -0.4 is 5.32 Å². The Morgan fingerprint density at radius 1 is 1.10 bits per heavy atom. The van der Waals surface area contributed by atoms with Gasteiger partial charge in [0.15, 0.2) is 0 Å². The molecule has 4 unspecified atom stereocenters. The lowest BCUT2D eigenvalue weighted by molar-refractivity contribution is 0.0903. The largest absolute Gasteiger partial charge is 0.378 e. The quantitative estimate of drug-likeness (QED) is 0.706.